The maximum atomic E-state index is 11.6. The van der Waals surface area contributed by atoms with Gasteiger partial charge in [-0.3, -0.25) is 4.79 Å². The van der Waals surface area contributed by atoms with Crippen molar-refractivity contribution in [3.8, 4) is 11.5 Å². The Hall–Kier alpha value is -2.01. The van der Waals surface area contributed by atoms with Gasteiger partial charge in [-0.25, -0.2) is 0 Å². The second-order valence-electron chi connectivity index (χ2n) is 8.89. The van der Waals surface area contributed by atoms with Crippen molar-refractivity contribution >= 4 is 5.97 Å². The SMILES string of the molecule is C=C(C)COc1c(C)c(CC[C@H]2C[C@H](O)CC(=O)O2)c2c(c1C)CC(C)(C)O2. The standard InChI is InChI=1S/C23H32O5/c1-13(2)12-26-21-14(3)18(8-7-17-9-16(24)10-20(25)27-17)22-19(15(21)4)11-23(5,6)28-22/h16-17,24H,1,7-12H2,2-6H3/t16-,17-/m0/s1. The molecule has 5 heteroatoms. The summed E-state index contributed by atoms with van der Waals surface area (Å²) in [4.78, 5) is 11.6. The molecular weight excluding hydrogens is 356 g/mol. The van der Waals surface area contributed by atoms with Crippen LogP contribution in [0, 0.1) is 13.8 Å². The molecule has 0 aliphatic carbocycles. The van der Waals surface area contributed by atoms with Gasteiger partial charge in [0.2, 0.25) is 0 Å². The second kappa shape index (κ2) is 7.78. The van der Waals surface area contributed by atoms with Gasteiger partial charge in [0.25, 0.3) is 0 Å². The zero-order valence-electron chi connectivity index (χ0n) is 17.7. The van der Waals surface area contributed by atoms with Crippen LogP contribution in [0.4, 0.5) is 0 Å². The lowest BCUT2D eigenvalue weighted by Crippen LogP contribution is -2.32. The number of aliphatic hydroxyl groups excluding tert-OH is 1. The van der Waals surface area contributed by atoms with Crippen LogP contribution in [0.1, 0.15) is 62.3 Å². The van der Waals surface area contributed by atoms with E-state index in [1.165, 1.54) is 5.56 Å². The number of esters is 1. The van der Waals surface area contributed by atoms with Crippen LogP contribution < -0.4 is 9.47 Å². The number of carbonyl (C=O) groups is 1. The van der Waals surface area contributed by atoms with Crippen molar-refractivity contribution in [2.45, 2.75) is 84.5 Å². The van der Waals surface area contributed by atoms with Crippen molar-refractivity contribution in [3.63, 3.8) is 0 Å². The minimum atomic E-state index is -0.610. The van der Waals surface area contributed by atoms with Crippen molar-refractivity contribution in [2.24, 2.45) is 0 Å². The molecule has 0 radical (unpaired) electrons. The number of hydrogen-bond acceptors (Lipinski definition) is 5. The number of benzene rings is 1. The van der Waals surface area contributed by atoms with Crippen molar-refractivity contribution < 1.29 is 24.1 Å². The van der Waals surface area contributed by atoms with Gasteiger partial charge in [0.15, 0.2) is 0 Å². The molecule has 1 N–H and O–H groups in total. The quantitative estimate of drug-likeness (QED) is 0.590. The molecule has 0 unspecified atom stereocenters. The van der Waals surface area contributed by atoms with Gasteiger partial charge in [0.05, 0.1) is 12.5 Å². The summed E-state index contributed by atoms with van der Waals surface area (Å²) < 4.78 is 17.9. The summed E-state index contributed by atoms with van der Waals surface area (Å²) in [6.45, 7) is 14.7. The molecule has 1 fully saturated rings. The normalized spacial score (nSPS) is 23.0. The third-order valence-corrected chi connectivity index (χ3v) is 5.53. The van der Waals surface area contributed by atoms with Crippen molar-refractivity contribution in [1.29, 1.82) is 0 Å². The van der Waals surface area contributed by atoms with Crippen molar-refractivity contribution in [3.05, 3.63) is 34.4 Å². The van der Waals surface area contributed by atoms with Gasteiger partial charge in [0.1, 0.15) is 29.8 Å². The van der Waals surface area contributed by atoms with Crippen LogP contribution in [0.25, 0.3) is 0 Å². The molecule has 1 aromatic rings. The Balaban J connectivity index is 1.90. The highest BCUT2D eigenvalue weighted by Crippen LogP contribution is 2.46. The average molecular weight is 389 g/mol. The summed E-state index contributed by atoms with van der Waals surface area (Å²) in [5, 5.41) is 9.87. The number of aliphatic hydroxyl groups is 1. The Labute approximate surface area is 167 Å². The van der Waals surface area contributed by atoms with Gasteiger partial charge in [-0.15, -0.1) is 0 Å². The molecular formula is C23H32O5. The maximum absolute atomic E-state index is 11.6. The largest absolute Gasteiger partial charge is 0.489 e. The van der Waals surface area contributed by atoms with E-state index in [0.29, 0.717) is 25.9 Å². The van der Waals surface area contributed by atoms with E-state index < -0.39 is 6.10 Å². The molecule has 0 amide bonds. The van der Waals surface area contributed by atoms with E-state index in [0.717, 1.165) is 40.2 Å². The molecule has 0 bridgehead atoms. The number of fused-ring (bicyclic) bond motifs is 1. The van der Waals surface area contributed by atoms with Gasteiger partial charge < -0.3 is 19.3 Å². The molecule has 0 spiro atoms. The number of cyclic esters (lactones) is 1. The van der Waals surface area contributed by atoms with E-state index in [2.05, 4.69) is 34.3 Å². The summed E-state index contributed by atoms with van der Waals surface area (Å²) in [5.41, 5.74) is 5.22. The monoisotopic (exact) mass is 388 g/mol. The predicted molar refractivity (Wildman–Crippen MR) is 108 cm³/mol. The highest BCUT2D eigenvalue weighted by molar-refractivity contribution is 5.71. The second-order valence-corrected chi connectivity index (χ2v) is 8.89. The van der Waals surface area contributed by atoms with E-state index in [4.69, 9.17) is 14.2 Å². The van der Waals surface area contributed by atoms with E-state index in [1.807, 2.05) is 6.92 Å². The van der Waals surface area contributed by atoms with Gasteiger partial charge in [-0.05, 0) is 64.2 Å². The average Bonchev–Trinajstić information content (AvgIpc) is 2.89. The zero-order valence-corrected chi connectivity index (χ0v) is 17.7. The molecule has 2 heterocycles. The van der Waals surface area contributed by atoms with E-state index in [9.17, 15) is 9.90 Å². The van der Waals surface area contributed by atoms with E-state index >= 15 is 0 Å². The Morgan fingerprint density at radius 1 is 1.32 bits per heavy atom. The third-order valence-electron chi connectivity index (χ3n) is 5.53. The lowest BCUT2D eigenvalue weighted by atomic mass is 9.90. The summed E-state index contributed by atoms with van der Waals surface area (Å²) in [6, 6.07) is 0. The van der Waals surface area contributed by atoms with Gasteiger partial charge >= 0.3 is 5.97 Å². The zero-order chi connectivity index (χ0) is 20.6. The topological polar surface area (TPSA) is 65.0 Å². The van der Waals surface area contributed by atoms with Crippen LogP contribution in [0.5, 0.6) is 11.5 Å². The van der Waals surface area contributed by atoms with Crippen LogP contribution in [0.3, 0.4) is 0 Å². The van der Waals surface area contributed by atoms with Crippen molar-refractivity contribution in [1.82, 2.24) is 0 Å². The number of hydrogen-bond donors (Lipinski definition) is 1. The number of rotatable bonds is 6. The first-order valence-electron chi connectivity index (χ1n) is 10.1. The van der Waals surface area contributed by atoms with E-state index in [-0.39, 0.29) is 24.1 Å². The summed E-state index contributed by atoms with van der Waals surface area (Å²) >= 11 is 0. The molecule has 5 nitrogen and oxygen atoms in total. The smallest absolute Gasteiger partial charge is 0.308 e. The predicted octanol–water partition coefficient (Wildman–Crippen LogP) is 3.97. The molecule has 0 aromatic heterocycles. The fourth-order valence-electron chi connectivity index (χ4n) is 4.21. The first kappa shape index (κ1) is 20.7. The fourth-order valence-corrected chi connectivity index (χ4v) is 4.21. The summed E-state index contributed by atoms with van der Waals surface area (Å²) in [6.07, 6.45) is 1.90. The molecule has 28 heavy (non-hydrogen) atoms. The van der Waals surface area contributed by atoms with Crippen LogP contribution in [-0.4, -0.2) is 35.5 Å². The van der Waals surface area contributed by atoms with E-state index in [1.54, 1.807) is 0 Å². The highest BCUT2D eigenvalue weighted by atomic mass is 16.5. The first-order chi connectivity index (χ1) is 13.1. The molecule has 2 aliphatic heterocycles. The molecule has 1 saturated heterocycles. The molecule has 1 aromatic carbocycles. The molecule has 2 atom stereocenters. The van der Waals surface area contributed by atoms with Crippen LogP contribution >= 0.6 is 0 Å². The van der Waals surface area contributed by atoms with Crippen LogP contribution in [0.2, 0.25) is 0 Å². The maximum Gasteiger partial charge on any atom is 0.308 e. The fraction of sp³-hybridized carbons (Fsp3) is 0.609. The Morgan fingerprint density at radius 3 is 2.68 bits per heavy atom. The highest BCUT2D eigenvalue weighted by Gasteiger charge is 2.36. The molecule has 2 aliphatic rings. The van der Waals surface area contributed by atoms with Gasteiger partial charge in [-0.2, -0.15) is 0 Å². The van der Waals surface area contributed by atoms with Gasteiger partial charge in [0, 0.05) is 24.0 Å². The summed E-state index contributed by atoms with van der Waals surface area (Å²) in [5.74, 6) is 1.53. The lowest BCUT2D eigenvalue weighted by Gasteiger charge is -2.27. The molecule has 3 rings (SSSR count). The third kappa shape index (κ3) is 4.35. The Bertz CT molecular complexity index is 793. The van der Waals surface area contributed by atoms with Crippen molar-refractivity contribution in [2.75, 3.05) is 6.61 Å². The Kier molecular flexibility index (Phi) is 5.76. The molecule has 0 saturated carbocycles. The lowest BCUT2D eigenvalue weighted by molar-refractivity contribution is -0.160. The summed E-state index contributed by atoms with van der Waals surface area (Å²) in [7, 11) is 0. The van der Waals surface area contributed by atoms with Crippen LogP contribution in [0.15, 0.2) is 12.2 Å². The minimum absolute atomic E-state index is 0.0889. The van der Waals surface area contributed by atoms with Gasteiger partial charge in [-0.1, -0.05) is 6.58 Å². The molecule has 154 valence electrons. The Morgan fingerprint density at radius 2 is 2.04 bits per heavy atom. The minimum Gasteiger partial charge on any atom is -0.489 e. The van der Waals surface area contributed by atoms with Crippen LogP contribution in [-0.2, 0) is 22.4 Å². The number of ether oxygens (including phenoxy) is 3. The number of carbonyl (C=O) groups excluding carboxylic acids is 1. The first-order valence-corrected chi connectivity index (χ1v) is 10.1.